The van der Waals surface area contributed by atoms with Gasteiger partial charge >= 0.3 is 0 Å². The van der Waals surface area contributed by atoms with Crippen LogP contribution in [-0.2, 0) is 0 Å². The van der Waals surface area contributed by atoms with E-state index >= 15 is 0 Å². The van der Waals surface area contributed by atoms with Crippen LogP contribution in [0.5, 0.6) is 0 Å². The van der Waals surface area contributed by atoms with Gasteiger partial charge in [-0.05, 0) is 46.1 Å². The van der Waals surface area contributed by atoms with Crippen molar-refractivity contribution in [1.29, 1.82) is 0 Å². The van der Waals surface area contributed by atoms with Crippen LogP contribution < -0.4 is 0 Å². The SMILES string of the molecule is CC1=C(Cl)C=C(Br)Sc2ccccc21. The zero-order chi connectivity index (χ0) is 10.1. The topological polar surface area (TPSA) is 0 Å². The first-order chi connectivity index (χ1) is 6.68. The van der Waals surface area contributed by atoms with E-state index in [1.165, 1.54) is 10.5 Å². The first kappa shape index (κ1) is 10.3. The third-order valence-corrected chi connectivity index (χ3v) is 4.09. The number of hydrogen-bond donors (Lipinski definition) is 0. The van der Waals surface area contributed by atoms with E-state index < -0.39 is 0 Å². The molecule has 0 unspecified atom stereocenters. The van der Waals surface area contributed by atoms with Gasteiger partial charge in [-0.15, -0.1) is 0 Å². The zero-order valence-electron chi connectivity index (χ0n) is 7.55. The van der Waals surface area contributed by atoms with Crippen LogP contribution in [0.15, 0.2) is 44.1 Å². The fraction of sp³-hybridized carbons (Fsp3) is 0.0909. The molecule has 2 rings (SSSR count). The Morgan fingerprint density at radius 1 is 1.29 bits per heavy atom. The van der Waals surface area contributed by atoms with Gasteiger partial charge in [0.1, 0.15) is 0 Å². The highest BCUT2D eigenvalue weighted by Gasteiger charge is 2.12. The van der Waals surface area contributed by atoms with Crippen LogP contribution in [0.3, 0.4) is 0 Å². The number of thioether (sulfide) groups is 1. The predicted octanol–water partition coefficient (Wildman–Crippen LogP) is 5.00. The molecule has 0 saturated heterocycles. The second kappa shape index (κ2) is 4.13. The van der Waals surface area contributed by atoms with Crippen molar-refractivity contribution in [2.24, 2.45) is 0 Å². The van der Waals surface area contributed by atoms with Gasteiger partial charge < -0.3 is 0 Å². The van der Waals surface area contributed by atoms with Crippen molar-refractivity contribution in [3.8, 4) is 0 Å². The number of allylic oxidation sites excluding steroid dienone is 3. The highest BCUT2D eigenvalue weighted by molar-refractivity contribution is 9.14. The standard InChI is InChI=1S/C11H8BrClS/c1-7-8-4-2-3-5-10(8)14-11(12)6-9(7)13/h2-6H,1H3. The molecule has 0 nitrogen and oxygen atoms in total. The minimum Gasteiger partial charge on any atom is -0.0840 e. The Morgan fingerprint density at radius 3 is 2.79 bits per heavy atom. The summed E-state index contributed by atoms with van der Waals surface area (Å²) in [5, 5.41) is 0.800. The van der Waals surface area contributed by atoms with Crippen LogP contribution in [-0.4, -0.2) is 0 Å². The molecule has 0 atom stereocenters. The molecule has 1 aromatic carbocycles. The molecule has 1 aliphatic heterocycles. The normalized spacial score (nSPS) is 16.1. The summed E-state index contributed by atoms with van der Waals surface area (Å²) in [5.41, 5.74) is 2.34. The molecule has 0 aromatic heterocycles. The lowest BCUT2D eigenvalue weighted by Crippen LogP contribution is -1.82. The highest BCUT2D eigenvalue weighted by Crippen LogP contribution is 2.41. The first-order valence-electron chi connectivity index (χ1n) is 4.19. The summed E-state index contributed by atoms with van der Waals surface area (Å²) in [7, 11) is 0. The van der Waals surface area contributed by atoms with Gasteiger partial charge in [-0.3, -0.25) is 0 Å². The highest BCUT2D eigenvalue weighted by atomic mass is 79.9. The quantitative estimate of drug-likeness (QED) is 0.647. The molecule has 0 fully saturated rings. The molecule has 0 radical (unpaired) electrons. The average molecular weight is 288 g/mol. The fourth-order valence-electron chi connectivity index (χ4n) is 1.34. The van der Waals surface area contributed by atoms with Crippen molar-refractivity contribution in [3.05, 3.63) is 44.8 Å². The number of rotatable bonds is 0. The Hall–Kier alpha value is -0.180. The summed E-state index contributed by atoms with van der Waals surface area (Å²) in [6.45, 7) is 2.05. The zero-order valence-corrected chi connectivity index (χ0v) is 10.7. The molecule has 0 spiro atoms. The van der Waals surface area contributed by atoms with Gasteiger partial charge in [-0.1, -0.05) is 41.6 Å². The molecule has 1 heterocycles. The van der Waals surface area contributed by atoms with Crippen molar-refractivity contribution >= 4 is 44.9 Å². The molecule has 0 aliphatic carbocycles. The van der Waals surface area contributed by atoms with E-state index in [2.05, 4.69) is 28.1 Å². The van der Waals surface area contributed by atoms with Crippen molar-refractivity contribution < 1.29 is 0 Å². The Morgan fingerprint density at radius 2 is 2.00 bits per heavy atom. The van der Waals surface area contributed by atoms with Crippen molar-refractivity contribution in [3.63, 3.8) is 0 Å². The number of hydrogen-bond acceptors (Lipinski definition) is 1. The van der Waals surface area contributed by atoms with Gasteiger partial charge in [0.2, 0.25) is 0 Å². The van der Waals surface area contributed by atoms with E-state index in [-0.39, 0.29) is 0 Å². The van der Waals surface area contributed by atoms with Crippen LogP contribution in [0.25, 0.3) is 5.57 Å². The molecule has 14 heavy (non-hydrogen) atoms. The van der Waals surface area contributed by atoms with Crippen molar-refractivity contribution in [2.75, 3.05) is 0 Å². The van der Waals surface area contributed by atoms with Gasteiger partial charge in [0.15, 0.2) is 0 Å². The molecule has 1 aliphatic rings. The summed E-state index contributed by atoms with van der Waals surface area (Å²) in [4.78, 5) is 1.24. The second-order valence-corrected chi connectivity index (χ2v) is 5.89. The molecular formula is C11H8BrClS. The molecular weight excluding hydrogens is 280 g/mol. The van der Waals surface area contributed by atoms with Crippen LogP contribution >= 0.6 is 39.3 Å². The first-order valence-corrected chi connectivity index (χ1v) is 6.18. The minimum absolute atomic E-state index is 0.800. The molecule has 3 heteroatoms. The summed E-state index contributed by atoms with van der Waals surface area (Å²) in [6, 6.07) is 8.28. The molecule has 72 valence electrons. The maximum atomic E-state index is 6.15. The Balaban J connectivity index is 2.65. The second-order valence-electron chi connectivity index (χ2n) is 3.02. The molecule has 0 amide bonds. The predicted molar refractivity (Wildman–Crippen MR) is 67.8 cm³/mol. The van der Waals surface area contributed by atoms with Crippen LogP contribution in [0.4, 0.5) is 0 Å². The van der Waals surface area contributed by atoms with Crippen LogP contribution in [0.1, 0.15) is 12.5 Å². The summed E-state index contributed by atoms with van der Waals surface area (Å²) >= 11 is 11.3. The monoisotopic (exact) mass is 286 g/mol. The van der Waals surface area contributed by atoms with Gasteiger partial charge in [-0.25, -0.2) is 0 Å². The molecule has 0 saturated carbocycles. The van der Waals surface area contributed by atoms with E-state index in [1.54, 1.807) is 11.8 Å². The van der Waals surface area contributed by atoms with E-state index in [0.717, 1.165) is 14.4 Å². The van der Waals surface area contributed by atoms with Crippen molar-refractivity contribution in [2.45, 2.75) is 11.8 Å². The summed E-state index contributed by atoms with van der Waals surface area (Å²) in [5.74, 6) is 0. The maximum Gasteiger partial charge on any atom is 0.0566 e. The Labute approximate surface area is 101 Å². The lowest BCUT2D eigenvalue weighted by atomic mass is 10.1. The fourth-order valence-corrected chi connectivity index (χ4v) is 3.36. The lowest BCUT2D eigenvalue weighted by Gasteiger charge is -2.05. The van der Waals surface area contributed by atoms with Crippen LogP contribution in [0.2, 0.25) is 0 Å². The van der Waals surface area contributed by atoms with Gasteiger partial charge in [-0.2, -0.15) is 0 Å². The summed E-state index contributed by atoms with van der Waals surface area (Å²) < 4.78 is 1.05. The Bertz CT molecular complexity index is 435. The largest absolute Gasteiger partial charge is 0.0840 e. The van der Waals surface area contributed by atoms with E-state index in [4.69, 9.17) is 11.6 Å². The van der Waals surface area contributed by atoms with E-state index in [0.29, 0.717) is 0 Å². The van der Waals surface area contributed by atoms with Crippen molar-refractivity contribution in [1.82, 2.24) is 0 Å². The maximum absolute atomic E-state index is 6.15. The van der Waals surface area contributed by atoms with Gasteiger partial charge in [0, 0.05) is 9.93 Å². The smallest absolute Gasteiger partial charge is 0.0566 e. The van der Waals surface area contributed by atoms with E-state index in [9.17, 15) is 0 Å². The third-order valence-electron chi connectivity index (χ3n) is 2.10. The number of fused-ring (bicyclic) bond motifs is 1. The van der Waals surface area contributed by atoms with E-state index in [1.807, 2.05) is 25.1 Å². The van der Waals surface area contributed by atoms with Crippen LogP contribution in [0, 0.1) is 0 Å². The van der Waals surface area contributed by atoms with Gasteiger partial charge in [0.25, 0.3) is 0 Å². The Kier molecular flexibility index (Phi) is 3.05. The molecule has 0 N–H and O–H groups in total. The molecule has 1 aromatic rings. The minimum atomic E-state index is 0.800. The number of benzene rings is 1. The summed E-state index contributed by atoms with van der Waals surface area (Å²) in [6.07, 6.45) is 1.95. The molecule has 0 bridgehead atoms. The average Bonchev–Trinajstić information content (AvgIpc) is 2.26. The van der Waals surface area contributed by atoms with Gasteiger partial charge in [0.05, 0.1) is 3.81 Å². The number of halogens is 2. The third kappa shape index (κ3) is 1.92. The lowest BCUT2D eigenvalue weighted by molar-refractivity contribution is 1.39.